The number of hydrogen-bond acceptors (Lipinski definition) is 3. The van der Waals surface area contributed by atoms with Crippen molar-refractivity contribution < 1.29 is 8.42 Å². The van der Waals surface area contributed by atoms with Crippen LogP contribution in [-0.2, 0) is 10.0 Å². The predicted octanol–water partition coefficient (Wildman–Crippen LogP) is 0.0372. The molecule has 0 heterocycles. The second-order valence-electron chi connectivity index (χ2n) is 3.95. The molecule has 0 aliphatic heterocycles. The fourth-order valence-electron chi connectivity index (χ4n) is 1.54. The van der Waals surface area contributed by atoms with E-state index in [1.807, 2.05) is 0 Å². The molecule has 0 amide bonds. The maximum absolute atomic E-state index is 10.8. The molecule has 6 nitrogen and oxygen atoms in total. The van der Waals surface area contributed by atoms with Gasteiger partial charge in [-0.05, 0) is 12.8 Å². The van der Waals surface area contributed by atoms with Gasteiger partial charge in [-0.25, -0.2) is 13.1 Å². The summed E-state index contributed by atoms with van der Waals surface area (Å²) < 4.78 is 24.1. The molecule has 3 N–H and O–H groups in total. The molecule has 1 aliphatic rings. The Morgan fingerprint density at radius 3 is 2.44 bits per heavy atom. The highest BCUT2D eigenvalue weighted by atomic mass is 127. The van der Waals surface area contributed by atoms with E-state index in [9.17, 15) is 8.42 Å². The van der Waals surface area contributed by atoms with Gasteiger partial charge in [0.15, 0.2) is 5.96 Å². The summed E-state index contributed by atoms with van der Waals surface area (Å²) in [7, 11) is -1.42. The standard InChI is InChI=1S/C10H20N4O2S.HI/c1-11-10(14-9-5-3-4-6-9)12-7-8-13-17(2,15)16;/h3-4,9,13H,5-8H2,1-2H3,(H2,11,12,14);1H. The van der Waals surface area contributed by atoms with E-state index < -0.39 is 10.0 Å². The van der Waals surface area contributed by atoms with Gasteiger partial charge in [0, 0.05) is 26.2 Å². The summed E-state index contributed by atoms with van der Waals surface area (Å²) in [6.07, 6.45) is 7.42. The van der Waals surface area contributed by atoms with Crippen molar-refractivity contribution in [3.8, 4) is 0 Å². The normalized spacial score (nSPS) is 16.4. The van der Waals surface area contributed by atoms with Crippen molar-refractivity contribution >= 4 is 40.0 Å². The van der Waals surface area contributed by atoms with Crippen LogP contribution in [0.4, 0.5) is 0 Å². The van der Waals surface area contributed by atoms with Crippen molar-refractivity contribution in [3.63, 3.8) is 0 Å². The van der Waals surface area contributed by atoms with E-state index in [1.165, 1.54) is 0 Å². The minimum absolute atomic E-state index is 0. The number of nitrogens with one attached hydrogen (secondary N) is 3. The molecule has 0 unspecified atom stereocenters. The summed E-state index contributed by atoms with van der Waals surface area (Å²) in [4.78, 5) is 4.07. The molecule has 1 aliphatic carbocycles. The molecule has 0 atom stereocenters. The number of hydrogen-bond donors (Lipinski definition) is 3. The second kappa shape index (κ2) is 8.70. The minimum Gasteiger partial charge on any atom is -0.355 e. The Morgan fingerprint density at radius 2 is 1.94 bits per heavy atom. The second-order valence-corrected chi connectivity index (χ2v) is 5.78. The number of rotatable bonds is 5. The first kappa shape index (κ1) is 17.6. The van der Waals surface area contributed by atoms with Gasteiger partial charge in [0.25, 0.3) is 0 Å². The van der Waals surface area contributed by atoms with Gasteiger partial charge < -0.3 is 10.6 Å². The molecule has 0 radical (unpaired) electrons. The van der Waals surface area contributed by atoms with Crippen LogP contribution in [0.3, 0.4) is 0 Å². The molecular formula is C10H21IN4O2S. The third-order valence-corrected chi connectivity index (χ3v) is 3.08. The van der Waals surface area contributed by atoms with E-state index in [2.05, 4.69) is 32.5 Å². The predicted molar refractivity (Wildman–Crippen MR) is 84.9 cm³/mol. The molecule has 18 heavy (non-hydrogen) atoms. The van der Waals surface area contributed by atoms with Gasteiger partial charge in [-0.1, -0.05) is 12.2 Å². The zero-order chi connectivity index (χ0) is 12.7. The number of halogens is 1. The van der Waals surface area contributed by atoms with Crippen LogP contribution in [0.1, 0.15) is 12.8 Å². The first-order chi connectivity index (χ1) is 8.01. The van der Waals surface area contributed by atoms with Gasteiger partial charge in [0.2, 0.25) is 10.0 Å². The highest BCUT2D eigenvalue weighted by Gasteiger charge is 2.11. The van der Waals surface area contributed by atoms with Crippen molar-refractivity contribution in [1.29, 1.82) is 0 Å². The Balaban J connectivity index is 0.00000289. The van der Waals surface area contributed by atoms with Crippen LogP contribution in [0.2, 0.25) is 0 Å². The van der Waals surface area contributed by atoms with Crippen molar-refractivity contribution in [2.75, 3.05) is 26.4 Å². The lowest BCUT2D eigenvalue weighted by molar-refractivity contribution is 0.585. The summed E-state index contributed by atoms with van der Waals surface area (Å²) in [6.45, 7) is 0.856. The number of guanidine groups is 1. The minimum atomic E-state index is -3.11. The van der Waals surface area contributed by atoms with E-state index >= 15 is 0 Å². The van der Waals surface area contributed by atoms with Crippen LogP contribution in [0.15, 0.2) is 17.1 Å². The van der Waals surface area contributed by atoms with Gasteiger partial charge in [0.05, 0.1) is 6.26 Å². The first-order valence-corrected chi connectivity index (χ1v) is 7.47. The Bertz CT molecular complexity index is 387. The van der Waals surface area contributed by atoms with Gasteiger partial charge >= 0.3 is 0 Å². The molecule has 0 bridgehead atoms. The van der Waals surface area contributed by atoms with Crippen LogP contribution < -0.4 is 15.4 Å². The van der Waals surface area contributed by atoms with Crippen molar-refractivity contribution in [2.45, 2.75) is 18.9 Å². The van der Waals surface area contributed by atoms with E-state index in [-0.39, 0.29) is 24.0 Å². The number of sulfonamides is 1. The summed E-state index contributed by atoms with van der Waals surface area (Å²) in [6, 6.07) is 0.393. The van der Waals surface area contributed by atoms with E-state index in [1.54, 1.807) is 7.05 Å². The highest BCUT2D eigenvalue weighted by molar-refractivity contribution is 14.0. The van der Waals surface area contributed by atoms with Gasteiger partial charge in [-0.15, -0.1) is 24.0 Å². The van der Waals surface area contributed by atoms with E-state index in [0.29, 0.717) is 25.1 Å². The lowest BCUT2D eigenvalue weighted by Crippen LogP contribution is -2.44. The molecule has 106 valence electrons. The summed E-state index contributed by atoms with van der Waals surface area (Å²) in [5.41, 5.74) is 0. The Labute approximate surface area is 126 Å². The highest BCUT2D eigenvalue weighted by Crippen LogP contribution is 2.08. The number of aliphatic imine (C=N–C) groups is 1. The van der Waals surface area contributed by atoms with Crippen LogP contribution in [0, 0.1) is 0 Å². The van der Waals surface area contributed by atoms with E-state index in [4.69, 9.17) is 0 Å². The van der Waals surface area contributed by atoms with Crippen LogP contribution in [0.25, 0.3) is 0 Å². The smallest absolute Gasteiger partial charge is 0.208 e. The average molecular weight is 388 g/mol. The maximum atomic E-state index is 10.8. The largest absolute Gasteiger partial charge is 0.355 e. The fourth-order valence-corrected chi connectivity index (χ4v) is 2.01. The summed E-state index contributed by atoms with van der Waals surface area (Å²) in [5.74, 6) is 0.703. The monoisotopic (exact) mass is 388 g/mol. The fraction of sp³-hybridized carbons (Fsp3) is 0.700. The Morgan fingerprint density at radius 1 is 1.33 bits per heavy atom. The molecule has 0 saturated carbocycles. The molecule has 0 aromatic rings. The third kappa shape index (κ3) is 7.88. The lowest BCUT2D eigenvalue weighted by Gasteiger charge is -2.16. The summed E-state index contributed by atoms with van der Waals surface area (Å²) >= 11 is 0. The third-order valence-electron chi connectivity index (χ3n) is 2.35. The molecule has 0 aromatic carbocycles. The van der Waals surface area contributed by atoms with Gasteiger partial charge in [-0.3, -0.25) is 4.99 Å². The lowest BCUT2D eigenvalue weighted by atomic mass is 10.2. The van der Waals surface area contributed by atoms with Crippen LogP contribution in [-0.4, -0.2) is 46.8 Å². The zero-order valence-corrected chi connectivity index (χ0v) is 13.8. The quantitative estimate of drug-likeness (QED) is 0.204. The van der Waals surface area contributed by atoms with Crippen molar-refractivity contribution in [2.24, 2.45) is 4.99 Å². The maximum Gasteiger partial charge on any atom is 0.208 e. The molecule has 0 spiro atoms. The molecule has 1 rings (SSSR count). The van der Waals surface area contributed by atoms with Gasteiger partial charge in [0.1, 0.15) is 0 Å². The Kier molecular flexibility index (Phi) is 8.53. The van der Waals surface area contributed by atoms with Crippen molar-refractivity contribution in [3.05, 3.63) is 12.2 Å². The summed E-state index contributed by atoms with van der Waals surface area (Å²) in [5, 5.41) is 6.32. The molecule has 0 aromatic heterocycles. The van der Waals surface area contributed by atoms with E-state index in [0.717, 1.165) is 19.1 Å². The van der Waals surface area contributed by atoms with Crippen molar-refractivity contribution in [1.82, 2.24) is 15.4 Å². The molecule has 0 fully saturated rings. The average Bonchev–Trinajstić information content (AvgIpc) is 2.73. The van der Waals surface area contributed by atoms with Crippen LogP contribution in [0.5, 0.6) is 0 Å². The molecule has 0 saturated heterocycles. The zero-order valence-electron chi connectivity index (χ0n) is 10.6. The SMILES string of the molecule is CN=C(NCCNS(C)(=O)=O)NC1CC=CC1.I. The molecule has 8 heteroatoms. The van der Waals surface area contributed by atoms with Gasteiger partial charge in [-0.2, -0.15) is 0 Å². The number of nitrogens with zero attached hydrogens (tertiary/aromatic N) is 1. The Hall–Kier alpha value is -0.350. The molecular weight excluding hydrogens is 367 g/mol. The van der Waals surface area contributed by atoms with Crippen LogP contribution >= 0.6 is 24.0 Å². The topological polar surface area (TPSA) is 82.6 Å². The first-order valence-electron chi connectivity index (χ1n) is 5.58.